The summed E-state index contributed by atoms with van der Waals surface area (Å²) in [6.45, 7) is 3.74. The molecule has 0 saturated heterocycles. The maximum atomic E-state index is 5.97. The Hall–Kier alpha value is -3.00. The van der Waals surface area contributed by atoms with Crippen LogP contribution in [0.5, 0.6) is 5.75 Å². The van der Waals surface area contributed by atoms with Gasteiger partial charge in [-0.1, -0.05) is 66.2 Å². The third kappa shape index (κ3) is 4.59. The van der Waals surface area contributed by atoms with E-state index in [2.05, 4.69) is 90.6 Å². The summed E-state index contributed by atoms with van der Waals surface area (Å²) in [7, 11) is 0. The molecule has 0 N–H and O–H groups in total. The highest BCUT2D eigenvalue weighted by molar-refractivity contribution is 5.82. The fourth-order valence-electron chi connectivity index (χ4n) is 3.38. The van der Waals surface area contributed by atoms with Crippen LogP contribution >= 0.6 is 0 Å². The van der Waals surface area contributed by atoms with Gasteiger partial charge in [0.05, 0.1) is 0 Å². The van der Waals surface area contributed by atoms with E-state index < -0.39 is 0 Å². The van der Waals surface area contributed by atoms with Crippen molar-refractivity contribution >= 4 is 10.8 Å². The minimum atomic E-state index is 0.611. The van der Waals surface area contributed by atoms with Gasteiger partial charge in [-0.25, -0.2) is 0 Å². The molecule has 27 heavy (non-hydrogen) atoms. The molecule has 0 aliphatic rings. The van der Waals surface area contributed by atoms with Crippen LogP contribution < -0.4 is 4.74 Å². The zero-order chi connectivity index (χ0) is 18.5. The Balaban J connectivity index is 1.31. The number of aromatic nitrogens is 1. The predicted molar refractivity (Wildman–Crippen MR) is 112 cm³/mol. The lowest BCUT2D eigenvalue weighted by Crippen LogP contribution is -1.98. The average molecular weight is 355 g/mol. The molecule has 0 bridgehead atoms. The number of fused-ring (bicyclic) bond motifs is 1. The highest BCUT2D eigenvalue weighted by atomic mass is 16.5. The first kappa shape index (κ1) is 17.4. The molecule has 0 atom stereocenters. The van der Waals surface area contributed by atoms with Crippen molar-refractivity contribution in [2.75, 3.05) is 0 Å². The maximum Gasteiger partial charge on any atom is 0.120 e. The Morgan fingerprint density at radius 2 is 1.52 bits per heavy atom. The topological polar surface area (TPSA) is 14.2 Å². The van der Waals surface area contributed by atoms with Gasteiger partial charge in [0.15, 0.2) is 0 Å². The molecule has 0 aliphatic carbocycles. The van der Waals surface area contributed by atoms with Crippen LogP contribution in [0, 0.1) is 6.92 Å². The average Bonchev–Trinajstić information content (AvgIpc) is 3.11. The van der Waals surface area contributed by atoms with Crippen molar-refractivity contribution in [1.82, 2.24) is 4.57 Å². The molecule has 0 unspecified atom stereocenters. The Kier molecular flexibility index (Phi) is 5.24. The van der Waals surface area contributed by atoms with Crippen molar-refractivity contribution in [3.8, 4) is 5.75 Å². The van der Waals surface area contributed by atoms with Crippen LogP contribution in [0.15, 0.2) is 85.2 Å². The van der Waals surface area contributed by atoms with Crippen LogP contribution in [0.1, 0.15) is 23.1 Å². The Morgan fingerprint density at radius 3 is 2.26 bits per heavy atom. The molecule has 1 aromatic heterocycles. The summed E-state index contributed by atoms with van der Waals surface area (Å²) in [5.41, 5.74) is 3.80. The second kappa shape index (κ2) is 8.13. The highest BCUT2D eigenvalue weighted by Crippen LogP contribution is 2.18. The molecule has 0 fully saturated rings. The quantitative estimate of drug-likeness (QED) is 0.387. The largest absolute Gasteiger partial charge is 0.489 e. The van der Waals surface area contributed by atoms with Crippen molar-refractivity contribution in [2.24, 2.45) is 0 Å². The number of benzene rings is 3. The molecule has 4 rings (SSSR count). The molecule has 0 spiro atoms. The molecule has 0 saturated carbocycles. The van der Waals surface area contributed by atoms with Crippen molar-refractivity contribution in [3.63, 3.8) is 0 Å². The summed E-state index contributed by atoms with van der Waals surface area (Å²) in [5.74, 6) is 0.944. The lowest BCUT2D eigenvalue weighted by atomic mass is 10.1. The van der Waals surface area contributed by atoms with E-state index >= 15 is 0 Å². The third-order valence-electron chi connectivity index (χ3n) is 4.91. The van der Waals surface area contributed by atoms with Gasteiger partial charge in [-0.15, -0.1) is 0 Å². The van der Waals surface area contributed by atoms with Gasteiger partial charge in [-0.2, -0.15) is 0 Å². The fourth-order valence-corrected chi connectivity index (χ4v) is 3.38. The molecule has 4 aromatic rings. The van der Waals surface area contributed by atoms with Gasteiger partial charge in [0, 0.05) is 18.9 Å². The molecule has 2 nitrogen and oxygen atoms in total. The summed E-state index contributed by atoms with van der Waals surface area (Å²) >= 11 is 0. The third-order valence-corrected chi connectivity index (χ3v) is 4.91. The first-order valence-electron chi connectivity index (χ1n) is 9.58. The molecule has 1 heterocycles. The SMILES string of the molecule is Cc1ccc(COc2cccc(CCCn3cc4ccccc4c3)c2)cc1. The molecule has 0 aliphatic heterocycles. The number of hydrogen-bond acceptors (Lipinski definition) is 1. The highest BCUT2D eigenvalue weighted by Gasteiger charge is 2.01. The molecule has 136 valence electrons. The smallest absolute Gasteiger partial charge is 0.120 e. The van der Waals surface area contributed by atoms with Crippen LogP contribution in [0.25, 0.3) is 10.8 Å². The van der Waals surface area contributed by atoms with E-state index in [0.717, 1.165) is 25.1 Å². The van der Waals surface area contributed by atoms with Gasteiger partial charge in [0.2, 0.25) is 0 Å². The van der Waals surface area contributed by atoms with Crippen LogP contribution in [0.3, 0.4) is 0 Å². The Morgan fingerprint density at radius 1 is 0.778 bits per heavy atom. The zero-order valence-corrected chi connectivity index (χ0v) is 15.8. The van der Waals surface area contributed by atoms with E-state index in [0.29, 0.717) is 6.61 Å². The van der Waals surface area contributed by atoms with Crippen LogP contribution in [-0.4, -0.2) is 4.57 Å². The standard InChI is InChI=1S/C25H25NO/c1-20-11-13-22(14-12-20)19-27-25-10-4-6-21(16-25)7-5-15-26-17-23-8-2-3-9-24(23)18-26/h2-4,6,8-14,16-18H,5,7,15,19H2,1H3. The molecule has 3 aromatic carbocycles. The van der Waals surface area contributed by atoms with E-state index in [1.807, 2.05) is 6.07 Å². The van der Waals surface area contributed by atoms with E-state index in [9.17, 15) is 0 Å². The second-order valence-electron chi connectivity index (χ2n) is 7.15. The van der Waals surface area contributed by atoms with E-state index in [-0.39, 0.29) is 0 Å². The summed E-state index contributed by atoms with van der Waals surface area (Å²) < 4.78 is 8.27. The van der Waals surface area contributed by atoms with E-state index in [1.54, 1.807) is 0 Å². The number of nitrogens with zero attached hydrogens (tertiary/aromatic N) is 1. The van der Waals surface area contributed by atoms with Gasteiger partial charge in [-0.3, -0.25) is 0 Å². The zero-order valence-electron chi connectivity index (χ0n) is 15.8. The fraction of sp³-hybridized carbons (Fsp3) is 0.200. The normalized spacial score (nSPS) is 11.0. The number of aryl methyl sites for hydroxylation is 3. The number of hydrogen-bond donors (Lipinski definition) is 0. The first-order chi connectivity index (χ1) is 13.3. The first-order valence-corrected chi connectivity index (χ1v) is 9.58. The van der Waals surface area contributed by atoms with Crippen molar-refractivity contribution in [2.45, 2.75) is 32.9 Å². The summed E-state index contributed by atoms with van der Waals surface area (Å²) in [5, 5.41) is 2.62. The van der Waals surface area contributed by atoms with E-state index in [4.69, 9.17) is 4.74 Å². The lowest BCUT2D eigenvalue weighted by Gasteiger charge is -2.09. The van der Waals surface area contributed by atoms with Gasteiger partial charge in [-0.05, 0) is 53.8 Å². The number of rotatable bonds is 7. The van der Waals surface area contributed by atoms with Crippen molar-refractivity contribution < 1.29 is 4.74 Å². The van der Waals surface area contributed by atoms with E-state index in [1.165, 1.54) is 27.5 Å². The monoisotopic (exact) mass is 355 g/mol. The van der Waals surface area contributed by atoms with Gasteiger partial charge < -0.3 is 9.30 Å². The maximum absolute atomic E-state index is 5.97. The molecule has 0 amide bonds. The number of ether oxygens (including phenoxy) is 1. The van der Waals surface area contributed by atoms with Crippen LogP contribution in [-0.2, 0) is 19.6 Å². The predicted octanol–water partition coefficient (Wildman–Crippen LogP) is 6.16. The van der Waals surface area contributed by atoms with Gasteiger partial charge in [0.25, 0.3) is 0 Å². The molecular formula is C25H25NO. The Labute approximate surface area is 161 Å². The minimum Gasteiger partial charge on any atom is -0.489 e. The van der Waals surface area contributed by atoms with Gasteiger partial charge in [0.1, 0.15) is 12.4 Å². The summed E-state index contributed by atoms with van der Waals surface area (Å²) in [4.78, 5) is 0. The van der Waals surface area contributed by atoms with Gasteiger partial charge >= 0.3 is 0 Å². The molecule has 0 radical (unpaired) electrons. The van der Waals surface area contributed by atoms with Crippen LogP contribution in [0.4, 0.5) is 0 Å². The lowest BCUT2D eigenvalue weighted by molar-refractivity contribution is 0.306. The minimum absolute atomic E-state index is 0.611. The second-order valence-corrected chi connectivity index (χ2v) is 7.15. The molecular weight excluding hydrogens is 330 g/mol. The van der Waals surface area contributed by atoms with Crippen LogP contribution in [0.2, 0.25) is 0 Å². The van der Waals surface area contributed by atoms with Crippen molar-refractivity contribution in [3.05, 3.63) is 102 Å². The summed E-state index contributed by atoms with van der Waals surface area (Å²) in [6, 6.07) is 25.5. The van der Waals surface area contributed by atoms with Crippen molar-refractivity contribution in [1.29, 1.82) is 0 Å². The molecule has 2 heteroatoms. The Bertz CT molecular complexity index is 981. The summed E-state index contributed by atoms with van der Waals surface area (Å²) in [6.07, 6.45) is 6.63.